The van der Waals surface area contributed by atoms with Gasteiger partial charge in [0.25, 0.3) is 0 Å². The van der Waals surface area contributed by atoms with Crippen LogP contribution in [0.5, 0.6) is 0 Å². The zero-order valence-corrected chi connectivity index (χ0v) is 10.5. The number of aliphatic hydroxyl groups excluding tert-OH is 1. The average Bonchev–Trinajstić information content (AvgIpc) is 2.30. The Morgan fingerprint density at radius 2 is 2.06 bits per heavy atom. The largest absolute Gasteiger partial charge is 0.467 e. The van der Waals surface area contributed by atoms with Gasteiger partial charge >= 0.3 is 5.97 Å². The van der Waals surface area contributed by atoms with Crippen molar-refractivity contribution >= 4 is 5.97 Å². The van der Waals surface area contributed by atoms with Crippen LogP contribution in [0.25, 0.3) is 0 Å². The minimum atomic E-state index is -1.40. The van der Waals surface area contributed by atoms with Gasteiger partial charge in [0.1, 0.15) is 5.82 Å². The summed E-state index contributed by atoms with van der Waals surface area (Å²) in [6.45, 7) is 4.85. The Morgan fingerprint density at radius 3 is 2.59 bits per heavy atom. The van der Waals surface area contributed by atoms with Crippen LogP contribution >= 0.6 is 0 Å². The predicted molar refractivity (Wildman–Crippen MR) is 62.2 cm³/mol. The molecule has 0 spiro atoms. The molecule has 0 aliphatic carbocycles. The molecule has 0 heterocycles. The molecule has 0 aliphatic heterocycles. The van der Waals surface area contributed by atoms with E-state index >= 15 is 0 Å². The molecule has 3 nitrogen and oxygen atoms in total. The molecule has 0 aliphatic rings. The molecule has 1 N–H and O–H groups in total. The monoisotopic (exact) mass is 240 g/mol. The van der Waals surface area contributed by atoms with Gasteiger partial charge in [-0.05, 0) is 18.1 Å². The van der Waals surface area contributed by atoms with E-state index in [9.17, 15) is 14.3 Å². The van der Waals surface area contributed by atoms with Crippen LogP contribution in [0.1, 0.15) is 25.0 Å². The molecular weight excluding hydrogens is 223 g/mol. The highest BCUT2D eigenvalue weighted by Gasteiger charge is 2.38. The van der Waals surface area contributed by atoms with Crippen LogP contribution in [0, 0.1) is 12.7 Å². The van der Waals surface area contributed by atoms with E-state index in [0.29, 0.717) is 11.1 Å². The minimum absolute atomic E-state index is 0.301. The van der Waals surface area contributed by atoms with Crippen molar-refractivity contribution in [2.45, 2.75) is 32.3 Å². The Bertz CT molecular complexity index is 427. The van der Waals surface area contributed by atoms with Crippen molar-refractivity contribution in [3.8, 4) is 0 Å². The molecule has 0 aromatic heterocycles. The molecule has 1 aromatic carbocycles. The van der Waals surface area contributed by atoms with Crippen molar-refractivity contribution in [3.63, 3.8) is 0 Å². The van der Waals surface area contributed by atoms with Crippen LogP contribution in [0.3, 0.4) is 0 Å². The highest BCUT2D eigenvalue weighted by molar-refractivity contribution is 5.76. The molecule has 0 amide bonds. The van der Waals surface area contributed by atoms with Crippen LogP contribution in [-0.2, 0) is 14.9 Å². The number of hydrogen-bond acceptors (Lipinski definition) is 3. The van der Waals surface area contributed by atoms with Gasteiger partial charge in [-0.3, -0.25) is 0 Å². The molecule has 1 rings (SSSR count). The second-order valence-electron chi connectivity index (χ2n) is 4.58. The molecule has 0 fully saturated rings. The lowest BCUT2D eigenvalue weighted by Crippen LogP contribution is -2.41. The van der Waals surface area contributed by atoms with E-state index in [1.165, 1.54) is 7.11 Å². The fourth-order valence-corrected chi connectivity index (χ4v) is 1.70. The lowest BCUT2D eigenvalue weighted by molar-refractivity contribution is -0.153. The summed E-state index contributed by atoms with van der Waals surface area (Å²) in [5.74, 6) is -1.17. The summed E-state index contributed by atoms with van der Waals surface area (Å²) in [4.78, 5) is 11.3. The van der Waals surface area contributed by atoms with Gasteiger partial charge in [-0.25, -0.2) is 9.18 Å². The summed E-state index contributed by atoms with van der Waals surface area (Å²) in [7, 11) is 1.19. The first-order chi connectivity index (χ1) is 7.82. The van der Waals surface area contributed by atoms with E-state index in [4.69, 9.17) is 0 Å². The van der Waals surface area contributed by atoms with Gasteiger partial charge in [0.2, 0.25) is 0 Å². The highest BCUT2D eigenvalue weighted by atomic mass is 19.1. The SMILES string of the molecule is COC(=O)C(O)C(C)(C)c1cccc(C)c1F. The summed E-state index contributed by atoms with van der Waals surface area (Å²) in [5, 5.41) is 9.87. The third-order valence-corrected chi connectivity index (χ3v) is 2.99. The number of benzene rings is 1. The molecule has 94 valence electrons. The Kier molecular flexibility index (Phi) is 3.88. The fraction of sp³-hybridized carbons (Fsp3) is 0.462. The van der Waals surface area contributed by atoms with Crippen molar-refractivity contribution < 1.29 is 19.0 Å². The second kappa shape index (κ2) is 4.84. The van der Waals surface area contributed by atoms with Crippen LogP contribution in [0.4, 0.5) is 4.39 Å². The number of aliphatic hydroxyl groups is 1. The molecule has 17 heavy (non-hydrogen) atoms. The third-order valence-electron chi connectivity index (χ3n) is 2.99. The summed E-state index contributed by atoms with van der Waals surface area (Å²) in [5.41, 5.74) is -0.258. The standard InChI is InChI=1S/C13H17FO3/c1-8-6-5-7-9(10(8)14)13(2,3)11(15)12(16)17-4/h5-7,11,15H,1-4H3. The molecule has 4 heteroatoms. The molecule has 1 atom stereocenters. The van der Waals surface area contributed by atoms with Crippen LogP contribution in [0.2, 0.25) is 0 Å². The smallest absolute Gasteiger partial charge is 0.335 e. The number of hydrogen-bond donors (Lipinski definition) is 1. The lowest BCUT2D eigenvalue weighted by Gasteiger charge is -2.29. The van der Waals surface area contributed by atoms with E-state index in [1.807, 2.05) is 0 Å². The van der Waals surface area contributed by atoms with Crippen LogP contribution in [0.15, 0.2) is 18.2 Å². The molecule has 0 saturated heterocycles. The predicted octanol–water partition coefficient (Wildman–Crippen LogP) is 1.95. The highest BCUT2D eigenvalue weighted by Crippen LogP contribution is 2.31. The number of esters is 1. The molecular formula is C13H17FO3. The molecule has 0 saturated carbocycles. The molecule has 1 unspecified atom stereocenters. The Balaban J connectivity index is 3.21. The topological polar surface area (TPSA) is 46.5 Å². The average molecular weight is 240 g/mol. The number of halogens is 1. The maximum atomic E-state index is 14.0. The Labute approximate surface area is 100 Å². The van der Waals surface area contributed by atoms with E-state index in [1.54, 1.807) is 39.0 Å². The van der Waals surface area contributed by atoms with E-state index in [-0.39, 0.29) is 0 Å². The normalized spacial score (nSPS) is 13.3. The van der Waals surface area contributed by atoms with Crippen molar-refractivity contribution in [1.82, 2.24) is 0 Å². The summed E-state index contributed by atoms with van der Waals surface area (Å²) < 4.78 is 18.4. The first kappa shape index (κ1) is 13.6. The zero-order chi connectivity index (χ0) is 13.2. The fourth-order valence-electron chi connectivity index (χ4n) is 1.70. The van der Waals surface area contributed by atoms with Gasteiger partial charge < -0.3 is 9.84 Å². The maximum absolute atomic E-state index is 14.0. The van der Waals surface area contributed by atoms with Crippen molar-refractivity contribution in [2.24, 2.45) is 0 Å². The van der Waals surface area contributed by atoms with Gasteiger partial charge in [-0.1, -0.05) is 32.0 Å². The van der Waals surface area contributed by atoms with E-state index in [0.717, 1.165) is 0 Å². The first-order valence-corrected chi connectivity index (χ1v) is 5.34. The third kappa shape index (κ3) is 2.47. The van der Waals surface area contributed by atoms with Crippen LogP contribution < -0.4 is 0 Å². The van der Waals surface area contributed by atoms with Gasteiger partial charge in [0.05, 0.1) is 7.11 Å². The van der Waals surface area contributed by atoms with Crippen molar-refractivity contribution in [2.75, 3.05) is 7.11 Å². The number of rotatable bonds is 3. The van der Waals surface area contributed by atoms with E-state index < -0.39 is 23.3 Å². The van der Waals surface area contributed by atoms with Crippen molar-refractivity contribution in [1.29, 1.82) is 0 Å². The number of ether oxygens (including phenoxy) is 1. The van der Waals surface area contributed by atoms with Crippen LogP contribution in [-0.4, -0.2) is 24.3 Å². The number of aryl methyl sites for hydroxylation is 1. The minimum Gasteiger partial charge on any atom is -0.467 e. The van der Waals surface area contributed by atoms with E-state index in [2.05, 4.69) is 4.74 Å². The quantitative estimate of drug-likeness (QED) is 0.821. The second-order valence-corrected chi connectivity index (χ2v) is 4.58. The summed E-state index contributed by atoms with van der Waals surface area (Å²) >= 11 is 0. The number of carbonyl (C=O) groups excluding carboxylic acids is 1. The molecule has 0 radical (unpaired) electrons. The summed E-state index contributed by atoms with van der Waals surface area (Å²) in [6.07, 6.45) is -1.40. The number of carbonyl (C=O) groups is 1. The Hall–Kier alpha value is -1.42. The van der Waals surface area contributed by atoms with Crippen molar-refractivity contribution in [3.05, 3.63) is 35.1 Å². The van der Waals surface area contributed by atoms with Gasteiger partial charge in [0.15, 0.2) is 6.10 Å². The molecule has 0 bridgehead atoms. The maximum Gasteiger partial charge on any atom is 0.335 e. The van der Waals surface area contributed by atoms with Gasteiger partial charge in [-0.2, -0.15) is 0 Å². The zero-order valence-electron chi connectivity index (χ0n) is 10.5. The first-order valence-electron chi connectivity index (χ1n) is 5.34. The van der Waals surface area contributed by atoms with Gasteiger partial charge in [0, 0.05) is 5.41 Å². The Morgan fingerprint density at radius 1 is 1.47 bits per heavy atom. The summed E-state index contributed by atoms with van der Waals surface area (Å²) in [6, 6.07) is 4.90. The lowest BCUT2D eigenvalue weighted by atomic mass is 9.78. The molecule has 1 aromatic rings. The number of methoxy groups -OCH3 is 1. The van der Waals surface area contributed by atoms with Gasteiger partial charge in [-0.15, -0.1) is 0 Å².